The van der Waals surface area contributed by atoms with Gasteiger partial charge in [0.15, 0.2) is 0 Å². The minimum absolute atomic E-state index is 0.0570. The highest BCUT2D eigenvalue weighted by Gasteiger charge is 2.25. The van der Waals surface area contributed by atoms with Crippen molar-refractivity contribution in [3.05, 3.63) is 34.9 Å². The van der Waals surface area contributed by atoms with Crippen molar-refractivity contribution < 1.29 is 5.11 Å². The van der Waals surface area contributed by atoms with Crippen LogP contribution in [0.5, 0.6) is 5.75 Å². The van der Waals surface area contributed by atoms with Gasteiger partial charge in [-0.25, -0.2) is 4.98 Å². The predicted octanol–water partition coefficient (Wildman–Crippen LogP) is 1.44. The number of benzene rings is 1. The Bertz CT molecular complexity index is 585. The smallest absolute Gasteiger partial charge is 0.261 e. The van der Waals surface area contributed by atoms with Gasteiger partial charge in [0.1, 0.15) is 5.75 Å². The summed E-state index contributed by atoms with van der Waals surface area (Å²) in [6.45, 7) is 0. The van der Waals surface area contributed by atoms with Crippen molar-refractivity contribution in [3.63, 3.8) is 0 Å². The molecular formula is C11H10N2O2. The minimum atomic E-state index is -0.0570. The summed E-state index contributed by atoms with van der Waals surface area (Å²) < 4.78 is 1.65. The van der Waals surface area contributed by atoms with Crippen LogP contribution in [0.4, 0.5) is 0 Å². The number of aromatic nitrogens is 2. The molecule has 1 heterocycles. The lowest BCUT2D eigenvalue weighted by atomic mass is 10.2. The molecule has 76 valence electrons. The van der Waals surface area contributed by atoms with E-state index in [-0.39, 0.29) is 11.3 Å². The Morgan fingerprint density at radius 2 is 2.20 bits per heavy atom. The molecule has 15 heavy (non-hydrogen) atoms. The molecule has 0 saturated heterocycles. The molecule has 2 aromatic rings. The summed E-state index contributed by atoms with van der Waals surface area (Å²) in [7, 11) is 0. The standard InChI is InChI=1S/C11H10N2O2/c14-8-3-4-10-9(5-8)11(15)13(6-12-10)7-1-2-7/h3-7,14H,1-2H2. The van der Waals surface area contributed by atoms with Gasteiger partial charge in [0.2, 0.25) is 0 Å². The van der Waals surface area contributed by atoms with Gasteiger partial charge in [-0.05, 0) is 31.0 Å². The molecule has 0 bridgehead atoms. The zero-order valence-electron chi connectivity index (χ0n) is 8.05. The van der Waals surface area contributed by atoms with E-state index in [0.717, 1.165) is 12.8 Å². The van der Waals surface area contributed by atoms with Gasteiger partial charge >= 0.3 is 0 Å². The molecule has 0 unspecified atom stereocenters. The second-order valence-electron chi connectivity index (χ2n) is 3.89. The Kier molecular flexibility index (Phi) is 1.59. The van der Waals surface area contributed by atoms with E-state index >= 15 is 0 Å². The summed E-state index contributed by atoms with van der Waals surface area (Å²) in [6, 6.07) is 4.99. The van der Waals surface area contributed by atoms with E-state index in [2.05, 4.69) is 4.98 Å². The molecule has 1 saturated carbocycles. The molecule has 4 heteroatoms. The lowest BCUT2D eigenvalue weighted by Gasteiger charge is -2.04. The first-order valence-electron chi connectivity index (χ1n) is 4.95. The Morgan fingerprint density at radius 1 is 1.40 bits per heavy atom. The highest BCUT2D eigenvalue weighted by Crippen LogP contribution is 2.33. The van der Waals surface area contributed by atoms with Crippen molar-refractivity contribution >= 4 is 10.9 Å². The molecule has 1 aliphatic carbocycles. The lowest BCUT2D eigenvalue weighted by molar-refractivity contribution is 0.476. The largest absolute Gasteiger partial charge is 0.508 e. The Morgan fingerprint density at radius 3 is 2.93 bits per heavy atom. The average Bonchev–Trinajstić information content (AvgIpc) is 3.03. The molecule has 4 nitrogen and oxygen atoms in total. The second kappa shape index (κ2) is 2.82. The Balaban J connectivity index is 2.35. The molecule has 1 aromatic carbocycles. The van der Waals surface area contributed by atoms with Gasteiger partial charge in [0.25, 0.3) is 5.56 Å². The van der Waals surface area contributed by atoms with Crippen molar-refractivity contribution in [2.75, 3.05) is 0 Å². The van der Waals surface area contributed by atoms with Gasteiger partial charge in [0.05, 0.1) is 17.2 Å². The van der Waals surface area contributed by atoms with E-state index in [1.807, 2.05) is 0 Å². The maximum Gasteiger partial charge on any atom is 0.261 e. The fourth-order valence-corrected chi connectivity index (χ4v) is 1.74. The van der Waals surface area contributed by atoms with Crippen LogP contribution in [0.1, 0.15) is 18.9 Å². The Labute approximate surface area is 85.8 Å². The van der Waals surface area contributed by atoms with Crippen LogP contribution in [0.3, 0.4) is 0 Å². The summed E-state index contributed by atoms with van der Waals surface area (Å²) in [4.78, 5) is 16.2. The maximum atomic E-state index is 12.0. The molecule has 1 N–H and O–H groups in total. The third-order valence-corrected chi connectivity index (χ3v) is 2.71. The number of hydrogen-bond donors (Lipinski definition) is 1. The molecule has 0 aliphatic heterocycles. The van der Waals surface area contributed by atoms with Crippen molar-refractivity contribution in [1.29, 1.82) is 0 Å². The minimum Gasteiger partial charge on any atom is -0.508 e. The summed E-state index contributed by atoms with van der Waals surface area (Å²) in [5.41, 5.74) is 0.577. The summed E-state index contributed by atoms with van der Waals surface area (Å²) in [5.74, 6) is 0.106. The van der Waals surface area contributed by atoms with Crippen LogP contribution in [0, 0.1) is 0 Å². The van der Waals surface area contributed by atoms with Crippen LogP contribution in [0.15, 0.2) is 29.3 Å². The molecule has 0 amide bonds. The highest BCUT2D eigenvalue weighted by molar-refractivity contribution is 5.78. The normalized spacial score (nSPS) is 15.7. The van der Waals surface area contributed by atoms with Crippen molar-refractivity contribution in [1.82, 2.24) is 9.55 Å². The number of phenols is 1. The molecule has 1 aliphatic rings. The van der Waals surface area contributed by atoms with Crippen LogP contribution in [0.2, 0.25) is 0 Å². The predicted molar refractivity (Wildman–Crippen MR) is 55.9 cm³/mol. The van der Waals surface area contributed by atoms with E-state index in [9.17, 15) is 9.90 Å². The third kappa shape index (κ3) is 1.29. The van der Waals surface area contributed by atoms with Crippen LogP contribution in [-0.4, -0.2) is 14.7 Å². The summed E-state index contributed by atoms with van der Waals surface area (Å²) in [6.07, 6.45) is 3.69. The van der Waals surface area contributed by atoms with E-state index in [0.29, 0.717) is 16.9 Å². The second-order valence-corrected chi connectivity index (χ2v) is 3.89. The monoisotopic (exact) mass is 202 g/mol. The third-order valence-electron chi connectivity index (χ3n) is 2.71. The van der Waals surface area contributed by atoms with Gasteiger partial charge < -0.3 is 5.11 Å². The molecule has 0 radical (unpaired) electrons. The van der Waals surface area contributed by atoms with E-state index in [1.54, 1.807) is 17.0 Å². The van der Waals surface area contributed by atoms with Crippen LogP contribution >= 0.6 is 0 Å². The van der Waals surface area contributed by atoms with Crippen LogP contribution in [0.25, 0.3) is 10.9 Å². The van der Waals surface area contributed by atoms with E-state index in [4.69, 9.17) is 0 Å². The maximum absolute atomic E-state index is 12.0. The topological polar surface area (TPSA) is 55.1 Å². The van der Waals surface area contributed by atoms with Crippen molar-refractivity contribution in [2.45, 2.75) is 18.9 Å². The zero-order valence-corrected chi connectivity index (χ0v) is 8.05. The molecule has 1 fully saturated rings. The number of hydrogen-bond acceptors (Lipinski definition) is 3. The fourth-order valence-electron chi connectivity index (χ4n) is 1.74. The first kappa shape index (κ1) is 8.47. The van der Waals surface area contributed by atoms with Crippen LogP contribution in [-0.2, 0) is 0 Å². The van der Waals surface area contributed by atoms with Crippen LogP contribution < -0.4 is 5.56 Å². The van der Waals surface area contributed by atoms with Gasteiger partial charge in [-0.1, -0.05) is 0 Å². The summed E-state index contributed by atoms with van der Waals surface area (Å²) >= 11 is 0. The van der Waals surface area contributed by atoms with E-state index < -0.39 is 0 Å². The number of nitrogens with zero attached hydrogens (tertiary/aromatic N) is 2. The molecule has 1 aromatic heterocycles. The average molecular weight is 202 g/mol. The summed E-state index contributed by atoms with van der Waals surface area (Å²) in [5, 5.41) is 9.81. The number of fused-ring (bicyclic) bond motifs is 1. The van der Waals surface area contributed by atoms with Crippen molar-refractivity contribution in [3.8, 4) is 5.75 Å². The quantitative estimate of drug-likeness (QED) is 0.761. The highest BCUT2D eigenvalue weighted by atomic mass is 16.3. The fraction of sp³-hybridized carbons (Fsp3) is 0.273. The SMILES string of the molecule is O=c1c2cc(O)ccc2ncn1C1CC1. The number of rotatable bonds is 1. The van der Waals surface area contributed by atoms with Gasteiger partial charge in [-0.3, -0.25) is 9.36 Å². The number of phenolic OH excluding ortho intramolecular Hbond substituents is 1. The first-order valence-corrected chi connectivity index (χ1v) is 4.95. The first-order chi connectivity index (χ1) is 7.25. The van der Waals surface area contributed by atoms with E-state index in [1.165, 1.54) is 12.1 Å². The molecule has 0 spiro atoms. The molecule has 0 atom stereocenters. The van der Waals surface area contributed by atoms with Gasteiger partial charge in [0, 0.05) is 6.04 Å². The molecule has 3 rings (SSSR count). The van der Waals surface area contributed by atoms with Crippen molar-refractivity contribution in [2.24, 2.45) is 0 Å². The van der Waals surface area contributed by atoms with Gasteiger partial charge in [-0.2, -0.15) is 0 Å². The molecular weight excluding hydrogens is 192 g/mol. The Hall–Kier alpha value is -1.84. The lowest BCUT2D eigenvalue weighted by Crippen LogP contribution is -2.19. The zero-order chi connectivity index (χ0) is 10.4. The number of aromatic hydroxyl groups is 1. The van der Waals surface area contributed by atoms with Gasteiger partial charge in [-0.15, -0.1) is 0 Å².